The molecule has 2 aromatic heterocycles. The SMILES string of the molecule is O=[N+]([O-])c1c(Nc2ccccn2)ncnc1Nc1cccc(Cl)c1Cl. The summed E-state index contributed by atoms with van der Waals surface area (Å²) in [5.41, 5.74) is 0.0453. The van der Waals surface area contributed by atoms with Gasteiger partial charge in [-0.05, 0) is 24.3 Å². The lowest BCUT2D eigenvalue weighted by Crippen LogP contribution is -2.06. The van der Waals surface area contributed by atoms with Crippen LogP contribution in [0.25, 0.3) is 0 Å². The number of pyridine rings is 1. The summed E-state index contributed by atoms with van der Waals surface area (Å²) in [4.78, 5) is 22.9. The van der Waals surface area contributed by atoms with Crippen molar-refractivity contribution in [3.8, 4) is 0 Å². The predicted molar refractivity (Wildman–Crippen MR) is 96.0 cm³/mol. The molecule has 0 atom stereocenters. The number of nitrogens with one attached hydrogen (secondary N) is 2. The maximum absolute atomic E-state index is 11.5. The van der Waals surface area contributed by atoms with Crippen LogP contribution >= 0.6 is 23.2 Å². The molecule has 0 bridgehead atoms. The van der Waals surface area contributed by atoms with Crippen LogP contribution in [0.3, 0.4) is 0 Å². The van der Waals surface area contributed by atoms with Crippen LogP contribution in [0.2, 0.25) is 10.0 Å². The van der Waals surface area contributed by atoms with Crippen molar-refractivity contribution in [2.75, 3.05) is 10.6 Å². The average molecular weight is 377 g/mol. The van der Waals surface area contributed by atoms with Crippen LogP contribution in [0.4, 0.5) is 28.8 Å². The molecule has 0 unspecified atom stereocenters. The molecule has 1 aromatic carbocycles. The number of nitro groups is 1. The van der Waals surface area contributed by atoms with Crippen molar-refractivity contribution in [1.82, 2.24) is 15.0 Å². The number of aromatic nitrogens is 3. The van der Waals surface area contributed by atoms with Crippen LogP contribution in [-0.2, 0) is 0 Å². The molecular weight excluding hydrogens is 367 g/mol. The predicted octanol–water partition coefficient (Wildman–Crippen LogP) is 4.57. The lowest BCUT2D eigenvalue weighted by molar-refractivity contribution is -0.383. The van der Waals surface area contributed by atoms with Gasteiger partial charge in [-0.25, -0.2) is 15.0 Å². The molecule has 0 aliphatic heterocycles. The molecule has 0 saturated carbocycles. The minimum atomic E-state index is -0.591. The number of rotatable bonds is 5. The van der Waals surface area contributed by atoms with E-state index in [2.05, 4.69) is 25.6 Å². The zero-order chi connectivity index (χ0) is 17.8. The van der Waals surface area contributed by atoms with Gasteiger partial charge in [-0.15, -0.1) is 0 Å². The molecule has 25 heavy (non-hydrogen) atoms. The summed E-state index contributed by atoms with van der Waals surface area (Å²) in [7, 11) is 0. The molecule has 0 aliphatic carbocycles. The fourth-order valence-electron chi connectivity index (χ4n) is 2.02. The highest BCUT2D eigenvalue weighted by Crippen LogP contribution is 2.36. The topological polar surface area (TPSA) is 106 Å². The Hall–Kier alpha value is -2.97. The minimum absolute atomic E-state index is 0.000601. The fourth-order valence-corrected chi connectivity index (χ4v) is 2.37. The zero-order valence-corrected chi connectivity index (χ0v) is 14.0. The Morgan fingerprint density at radius 1 is 0.960 bits per heavy atom. The molecule has 0 amide bonds. The van der Waals surface area contributed by atoms with E-state index in [-0.39, 0.29) is 22.3 Å². The lowest BCUT2D eigenvalue weighted by Gasteiger charge is -2.11. The second-order valence-electron chi connectivity index (χ2n) is 4.74. The van der Waals surface area contributed by atoms with E-state index in [1.807, 2.05) is 0 Å². The highest BCUT2D eigenvalue weighted by atomic mass is 35.5. The number of hydrogen-bond donors (Lipinski definition) is 2. The van der Waals surface area contributed by atoms with Gasteiger partial charge < -0.3 is 10.6 Å². The minimum Gasteiger partial charge on any atom is -0.333 e. The van der Waals surface area contributed by atoms with Gasteiger partial charge in [-0.2, -0.15) is 0 Å². The summed E-state index contributed by atoms with van der Waals surface area (Å²) in [6.07, 6.45) is 2.75. The van der Waals surface area contributed by atoms with Gasteiger partial charge in [0, 0.05) is 6.20 Å². The summed E-state index contributed by atoms with van der Waals surface area (Å²) in [6.45, 7) is 0. The molecule has 3 rings (SSSR count). The van der Waals surface area contributed by atoms with E-state index in [1.54, 1.807) is 42.6 Å². The Balaban J connectivity index is 2.01. The average Bonchev–Trinajstić information content (AvgIpc) is 2.60. The number of anilines is 4. The normalized spacial score (nSPS) is 10.3. The molecule has 126 valence electrons. The molecule has 3 aromatic rings. The Kier molecular flexibility index (Phi) is 4.92. The van der Waals surface area contributed by atoms with Crippen LogP contribution in [0.1, 0.15) is 0 Å². The maximum Gasteiger partial charge on any atom is 0.353 e. The highest BCUT2D eigenvalue weighted by Gasteiger charge is 2.24. The second-order valence-corrected chi connectivity index (χ2v) is 5.53. The van der Waals surface area contributed by atoms with E-state index >= 15 is 0 Å². The highest BCUT2D eigenvalue weighted by molar-refractivity contribution is 6.43. The van der Waals surface area contributed by atoms with Gasteiger partial charge in [0.1, 0.15) is 12.1 Å². The van der Waals surface area contributed by atoms with Crippen molar-refractivity contribution >= 4 is 52.0 Å². The first kappa shape index (κ1) is 16.9. The van der Waals surface area contributed by atoms with Crippen molar-refractivity contribution in [2.24, 2.45) is 0 Å². The Morgan fingerprint density at radius 2 is 1.72 bits per heavy atom. The Labute approximate surface area is 152 Å². The van der Waals surface area contributed by atoms with E-state index in [9.17, 15) is 10.1 Å². The van der Waals surface area contributed by atoms with Gasteiger partial charge in [-0.1, -0.05) is 35.3 Å². The first-order valence-electron chi connectivity index (χ1n) is 6.94. The summed E-state index contributed by atoms with van der Waals surface area (Å²) >= 11 is 12.1. The van der Waals surface area contributed by atoms with Crippen LogP contribution in [0, 0.1) is 10.1 Å². The Morgan fingerprint density at radius 3 is 2.40 bits per heavy atom. The third-order valence-electron chi connectivity index (χ3n) is 3.12. The number of halogens is 2. The third kappa shape index (κ3) is 3.76. The molecule has 0 fully saturated rings. The van der Waals surface area contributed by atoms with E-state index in [4.69, 9.17) is 23.2 Å². The van der Waals surface area contributed by atoms with Crippen LogP contribution in [0.15, 0.2) is 48.9 Å². The van der Waals surface area contributed by atoms with Gasteiger partial charge in [0.25, 0.3) is 0 Å². The molecule has 0 radical (unpaired) electrons. The molecule has 8 nitrogen and oxygen atoms in total. The largest absolute Gasteiger partial charge is 0.353 e. The molecule has 2 heterocycles. The molecule has 0 aliphatic rings. The van der Waals surface area contributed by atoms with Gasteiger partial charge in [0.15, 0.2) is 0 Å². The quantitative estimate of drug-likeness (QED) is 0.495. The van der Waals surface area contributed by atoms with Gasteiger partial charge in [0.05, 0.1) is 20.7 Å². The van der Waals surface area contributed by atoms with Gasteiger partial charge in [-0.3, -0.25) is 10.1 Å². The summed E-state index contributed by atoms with van der Waals surface area (Å²) in [5.74, 6) is 0.387. The molecular formula is C15H10Cl2N6O2. The van der Waals surface area contributed by atoms with Crippen LogP contribution < -0.4 is 10.6 Å². The van der Waals surface area contributed by atoms with E-state index in [1.165, 1.54) is 6.33 Å². The second kappa shape index (κ2) is 7.29. The molecule has 2 N–H and O–H groups in total. The third-order valence-corrected chi connectivity index (χ3v) is 3.94. The molecule has 10 heteroatoms. The zero-order valence-electron chi connectivity index (χ0n) is 12.5. The molecule has 0 spiro atoms. The van der Waals surface area contributed by atoms with Gasteiger partial charge >= 0.3 is 5.69 Å². The van der Waals surface area contributed by atoms with E-state index in [0.29, 0.717) is 16.5 Å². The summed E-state index contributed by atoms with van der Waals surface area (Å²) < 4.78 is 0. The van der Waals surface area contributed by atoms with Crippen molar-refractivity contribution in [2.45, 2.75) is 0 Å². The Bertz CT molecular complexity index is 923. The van der Waals surface area contributed by atoms with Crippen molar-refractivity contribution in [1.29, 1.82) is 0 Å². The van der Waals surface area contributed by atoms with Gasteiger partial charge in [0.2, 0.25) is 11.6 Å². The monoisotopic (exact) mass is 376 g/mol. The van der Waals surface area contributed by atoms with E-state index < -0.39 is 4.92 Å². The van der Waals surface area contributed by atoms with Crippen LogP contribution in [-0.4, -0.2) is 19.9 Å². The van der Waals surface area contributed by atoms with Crippen molar-refractivity contribution in [3.05, 3.63) is 69.1 Å². The summed E-state index contributed by atoms with van der Waals surface area (Å²) in [6, 6.07) is 10.0. The summed E-state index contributed by atoms with van der Waals surface area (Å²) in [5, 5.41) is 17.7. The van der Waals surface area contributed by atoms with Crippen molar-refractivity contribution < 1.29 is 4.92 Å². The van der Waals surface area contributed by atoms with E-state index in [0.717, 1.165) is 0 Å². The fraction of sp³-hybridized carbons (Fsp3) is 0. The maximum atomic E-state index is 11.5. The molecule has 0 saturated heterocycles. The van der Waals surface area contributed by atoms with Crippen molar-refractivity contribution in [3.63, 3.8) is 0 Å². The van der Waals surface area contributed by atoms with Crippen LogP contribution in [0.5, 0.6) is 0 Å². The number of hydrogen-bond acceptors (Lipinski definition) is 7. The first-order chi connectivity index (χ1) is 12.1. The number of benzene rings is 1. The number of nitrogens with zero attached hydrogens (tertiary/aromatic N) is 4. The smallest absolute Gasteiger partial charge is 0.333 e. The standard InChI is InChI=1S/C15H10Cl2N6O2/c16-9-4-3-5-10(12(9)17)21-14-13(23(24)25)15(20-8-19-14)22-11-6-1-2-7-18-11/h1-8H,(H2,18,19,20,21,22). The first-order valence-corrected chi connectivity index (χ1v) is 7.70. The lowest BCUT2D eigenvalue weighted by atomic mass is 10.3.